The van der Waals surface area contributed by atoms with E-state index < -0.39 is 0 Å². The summed E-state index contributed by atoms with van der Waals surface area (Å²) in [5, 5.41) is 0. The van der Waals surface area contributed by atoms with E-state index in [2.05, 4.69) is 4.98 Å². The van der Waals surface area contributed by atoms with Gasteiger partial charge in [0.15, 0.2) is 5.76 Å². The first-order chi connectivity index (χ1) is 5.75. The van der Waals surface area contributed by atoms with Crippen LogP contribution in [0.4, 0.5) is 0 Å². The maximum atomic E-state index is 5.35. The maximum absolute atomic E-state index is 5.35. The summed E-state index contributed by atoms with van der Waals surface area (Å²) in [5.74, 6) is 1.61. The zero-order chi connectivity index (χ0) is 8.55. The molecular weight excluding hydrogens is 174 g/mol. The van der Waals surface area contributed by atoms with Crippen molar-refractivity contribution in [1.29, 1.82) is 0 Å². The summed E-state index contributed by atoms with van der Waals surface area (Å²) in [6.07, 6.45) is 1.54. The molecule has 0 unspecified atom stereocenters. The Morgan fingerprint density at radius 1 is 1.42 bits per heavy atom. The molecule has 0 saturated heterocycles. The Labute approximate surface area is 74.0 Å². The predicted molar refractivity (Wildman–Crippen MR) is 46.3 cm³/mol. The highest BCUT2D eigenvalue weighted by Gasteiger charge is 2.03. The number of oxazole rings is 1. The summed E-state index contributed by atoms with van der Waals surface area (Å²) in [4.78, 5) is 3.22. The lowest BCUT2D eigenvalue weighted by Crippen LogP contribution is -1.70. The van der Waals surface area contributed by atoms with Crippen LogP contribution in [0, 0.1) is 11.8 Å². The molecule has 0 aromatic carbocycles. The Kier molecular flexibility index (Phi) is 1.62. The lowest BCUT2D eigenvalue weighted by molar-refractivity contribution is 0.536. The van der Waals surface area contributed by atoms with Crippen molar-refractivity contribution in [3.8, 4) is 11.5 Å². The van der Waals surface area contributed by atoms with E-state index in [1.54, 1.807) is 6.26 Å². The fourth-order valence-electron chi connectivity index (χ4n) is 0.980. The van der Waals surface area contributed by atoms with Crippen LogP contribution in [0.5, 0.6) is 0 Å². The largest absolute Gasteiger partial charge is 0.460 e. The molecule has 62 valence electrons. The second-order valence-corrected chi connectivity index (χ2v) is 2.84. The molecule has 0 fully saturated rings. The lowest BCUT2D eigenvalue weighted by atomic mass is 10.4. The van der Waals surface area contributed by atoms with Crippen LogP contribution in [0.3, 0.4) is 0 Å². The third kappa shape index (κ3) is 1.21. The number of H-pyrrole nitrogens is 1. The van der Waals surface area contributed by atoms with Crippen LogP contribution < -0.4 is 0 Å². The zero-order valence-electron chi connectivity index (χ0n) is 6.46. The second-order valence-electron chi connectivity index (χ2n) is 2.47. The van der Waals surface area contributed by atoms with Gasteiger partial charge < -0.3 is 13.8 Å². The van der Waals surface area contributed by atoms with Gasteiger partial charge in [0.05, 0.1) is 0 Å². The van der Waals surface area contributed by atoms with Gasteiger partial charge in [0.2, 0.25) is 0 Å². The van der Waals surface area contributed by atoms with E-state index in [0.29, 0.717) is 4.84 Å². The van der Waals surface area contributed by atoms with Crippen LogP contribution in [0.25, 0.3) is 11.5 Å². The normalized spacial score (nSPS) is 10.4. The molecule has 2 aromatic heterocycles. The fraction of sp³-hybridized carbons (Fsp3) is 0.125. The van der Waals surface area contributed by atoms with Gasteiger partial charge in [-0.3, -0.25) is 0 Å². The first-order valence-electron chi connectivity index (χ1n) is 3.50. The first kappa shape index (κ1) is 7.36. The van der Waals surface area contributed by atoms with E-state index in [9.17, 15) is 0 Å². The molecule has 3 nitrogen and oxygen atoms in total. The van der Waals surface area contributed by atoms with Crippen molar-refractivity contribution in [2.45, 2.75) is 6.92 Å². The molecule has 0 amide bonds. The summed E-state index contributed by atoms with van der Waals surface area (Å²) >= 11 is 4.78. The quantitative estimate of drug-likeness (QED) is 0.688. The van der Waals surface area contributed by atoms with Crippen molar-refractivity contribution in [1.82, 2.24) is 4.98 Å². The van der Waals surface area contributed by atoms with Gasteiger partial charge in [-0.1, -0.05) is 0 Å². The van der Waals surface area contributed by atoms with Crippen molar-refractivity contribution in [3.05, 3.63) is 29.0 Å². The average Bonchev–Trinajstić information content (AvgIpc) is 2.58. The van der Waals surface area contributed by atoms with Crippen LogP contribution in [-0.2, 0) is 0 Å². The lowest BCUT2D eigenvalue weighted by Gasteiger charge is -1.86. The minimum atomic E-state index is 0.360. The fourth-order valence-corrected chi connectivity index (χ4v) is 1.14. The predicted octanol–water partition coefficient (Wildman–Crippen LogP) is 2.91. The molecule has 0 bridgehead atoms. The van der Waals surface area contributed by atoms with Crippen LogP contribution >= 0.6 is 12.2 Å². The number of rotatable bonds is 1. The van der Waals surface area contributed by atoms with Crippen molar-refractivity contribution >= 4 is 12.2 Å². The monoisotopic (exact) mass is 181 g/mol. The number of hydrogen-bond acceptors (Lipinski definition) is 3. The molecule has 0 aliphatic heterocycles. The highest BCUT2D eigenvalue weighted by Crippen LogP contribution is 2.19. The molecule has 2 heterocycles. The summed E-state index contributed by atoms with van der Waals surface area (Å²) in [5.41, 5.74) is 0.771. The minimum Gasteiger partial charge on any atom is -0.460 e. The molecular formula is C8H7NO2S. The van der Waals surface area contributed by atoms with Gasteiger partial charge in [0.1, 0.15) is 17.7 Å². The van der Waals surface area contributed by atoms with Crippen molar-refractivity contribution in [2.24, 2.45) is 0 Å². The first-order valence-corrected chi connectivity index (χ1v) is 3.91. The topological polar surface area (TPSA) is 42.1 Å². The van der Waals surface area contributed by atoms with Gasteiger partial charge in [-0.2, -0.15) is 0 Å². The van der Waals surface area contributed by atoms with Gasteiger partial charge in [0, 0.05) is 0 Å². The minimum absolute atomic E-state index is 0.360. The molecule has 0 radical (unpaired) electrons. The van der Waals surface area contributed by atoms with E-state index in [-0.39, 0.29) is 0 Å². The van der Waals surface area contributed by atoms with Crippen molar-refractivity contribution in [3.63, 3.8) is 0 Å². The molecule has 2 rings (SSSR count). The summed E-state index contributed by atoms with van der Waals surface area (Å²) in [6, 6.07) is 3.75. The molecule has 0 spiro atoms. The van der Waals surface area contributed by atoms with E-state index in [1.165, 1.54) is 0 Å². The van der Waals surface area contributed by atoms with Crippen LogP contribution in [0.1, 0.15) is 5.76 Å². The molecule has 2 aromatic rings. The second kappa shape index (κ2) is 2.64. The number of aromatic nitrogens is 1. The average molecular weight is 181 g/mol. The summed E-state index contributed by atoms with van der Waals surface area (Å²) in [6.45, 7) is 1.89. The Morgan fingerprint density at radius 2 is 2.25 bits per heavy atom. The molecule has 4 heteroatoms. The third-order valence-electron chi connectivity index (χ3n) is 1.53. The van der Waals surface area contributed by atoms with Gasteiger partial charge in [-0.05, 0) is 31.3 Å². The van der Waals surface area contributed by atoms with Crippen LogP contribution in [-0.4, -0.2) is 4.98 Å². The van der Waals surface area contributed by atoms with Crippen molar-refractivity contribution in [2.75, 3.05) is 0 Å². The van der Waals surface area contributed by atoms with Gasteiger partial charge in [-0.25, -0.2) is 0 Å². The Balaban J connectivity index is 2.50. The molecule has 0 atom stereocenters. The van der Waals surface area contributed by atoms with Gasteiger partial charge in [-0.15, -0.1) is 0 Å². The van der Waals surface area contributed by atoms with Gasteiger partial charge in [0.25, 0.3) is 4.84 Å². The number of furan rings is 1. The van der Waals surface area contributed by atoms with E-state index in [0.717, 1.165) is 17.2 Å². The Bertz CT molecular complexity index is 438. The summed E-state index contributed by atoms with van der Waals surface area (Å²) in [7, 11) is 0. The summed E-state index contributed by atoms with van der Waals surface area (Å²) < 4.78 is 10.3. The molecule has 0 saturated carbocycles. The molecule has 1 N–H and O–H groups in total. The maximum Gasteiger partial charge on any atom is 0.266 e. The van der Waals surface area contributed by atoms with E-state index in [1.807, 2.05) is 19.1 Å². The van der Waals surface area contributed by atoms with Crippen LogP contribution in [0.2, 0.25) is 0 Å². The SMILES string of the molecule is Cc1ccc(-c2coc(=S)[nH]2)o1. The molecule has 12 heavy (non-hydrogen) atoms. The highest BCUT2D eigenvalue weighted by atomic mass is 32.1. The number of hydrogen-bond donors (Lipinski definition) is 1. The molecule has 0 aliphatic rings. The molecule has 0 aliphatic carbocycles. The number of aryl methyl sites for hydroxylation is 1. The van der Waals surface area contributed by atoms with E-state index in [4.69, 9.17) is 21.1 Å². The third-order valence-corrected chi connectivity index (χ3v) is 1.72. The number of nitrogens with one attached hydrogen (secondary N) is 1. The Morgan fingerprint density at radius 3 is 2.75 bits per heavy atom. The van der Waals surface area contributed by atoms with Gasteiger partial charge >= 0.3 is 0 Å². The smallest absolute Gasteiger partial charge is 0.266 e. The standard InChI is InChI=1S/C8H7NO2S/c1-5-2-3-7(11-5)6-4-10-8(12)9-6/h2-4H,1H3,(H,9,12). The van der Waals surface area contributed by atoms with Crippen LogP contribution in [0.15, 0.2) is 27.2 Å². The number of aromatic amines is 1. The van der Waals surface area contributed by atoms with Crippen molar-refractivity contribution < 1.29 is 8.83 Å². The Hall–Kier alpha value is -1.29. The zero-order valence-corrected chi connectivity index (χ0v) is 7.27. The highest BCUT2D eigenvalue weighted by molar-refractivity contribution is 7.71. The van der Waals surface area contributed by atoms with E-state index >= 15 is 0 Å².